The van der Waals surface area contributed by atoms with E-state index in [0.717, 1.165) is 15.5 Å². The Morgan fingerprint density at radius 1 is 1.04 bits per heavy atom. The molecule has 134 valence electrons. The highest BCUT2D eigenvalue weighted by Crippen LogP contribution is 2.29. The van der Waals surface area contributed by atoms with E-state index >= 15 is 0 Å². The Hall–Kier alpha value is -3.52. The summed E-state index contributed by atoms with van der Waals surface area (Å²) in [6, 6.07) is 16.7. The molecule has 2 aromatic heterocycles. The van der Waals surface area contributed by atoms with Crippen LogP contribution < -0.4 is 10.1 Å². The second-order valence-electron chi connectivity index (χ2n) is 5.45. The lowest BCUT2D eigenvalue weighted by atomic mass is 10.3. The molecular weight excluding hydrogens is 366 g/mol. The lowest BCUT2D eigenvalue weighted by Crippen LogP contribution is -2.02. The number of anilines is 2. The van der Waals surface area contributed by atoms with Gasteiger partial charge in [-0.25, -0.2) is 4.79 Å². The summed E-state index contributed by atoms with van der Waals surface area (Å²) in [4.78, 5) is 21.1. The van der Waals surface area contributed by atoms with E-state index in [0.29, 0.717) is 17.1 Å². The Morgan fingerprint density at radius 2 is 1.78 bits per heavy atom. The van der Waals surface area contributed by atoms with Crippen LogP contribution in [0.1, 0.15) is 0 Å². The molecule has 2 aromatic carbocycles. The van der Waals surface area contributed by atoms with E-state index in [1.165, 1.54) is 12.1 Å². The third kappa shape index (κ3) is 4.18. The van der Waals surface area contributed by atoms with Gasteiger partial charge < -0.3 is 19.6 Å². The number of benzene rings is 2. The van der Waals surface area contributed by atoms with Crippen molar-refractivity contribution >= 4 is 40.7 Å². The average molecular weight is 379 g/mol. The molecule has 0 saturated carbocycles. The standard InChI is InChI=1S/C19H13N3O4S/c23-19(24)25-13-3-6-17-16(11-13)22-18(26-17)21-12-1-4-14(5-2-12)27-15-7-9-20-10-8-15/h1-11H,(H,21,22)(H,23,24). The van der Waals surface area contributed by atoms with Crippen LogP contribution in [-0.4, -0.2) is 21.2 Å². The Labute approximate surface area is 158 Å². The number of pyridine rings is 1. The van der Waals surface area contributed by atoms with Crippen LogP contribution in [0, 0.1) is 0 Å². The molecule has 4 aromatic rings. The number of nitrogens with zero attached hydrogens (tertiary/aromatic N) is 2. The molecule has 0 aliphatic rings. The van der Waals surface area contributed by atoms with E-state index < -0.39 is 6.16 Å². The summed E-state index contributed by atoms with van der Waals surface area (Å²) < 4.78 is 10.2. The van der Waals surface area contributed by atoms with Gasteiger partial charge in [0.1, 0.15) is 11.3 Å². The van der Waals surface area contributed by atoms with Gasteiger partial charge >= 0.3 is 6.16 Å². The third-order valence-electron chi connectivity index (χ3n) is 3.56. The Balaban J connectivity index is 1.47. The van der Waals surface area contributed by atoms with Crippen molar-refractivity contribution in [3.8, 4) is 5.75 Å². The molecule has 0 bridgehead atoms. The number of hydrogen-bond acceptors (Lipinski definition) is 7. The molecule has 0 radical (unpaired) electrons. The first-order chi connectivity index (χ1) is 13.2. The predicted molar refractivity (Wildman–Crippen MR) is 101 cm³/mol. The van der Waals surface area contributed by atoms with Crippen LogP contribution in [0.25, 0.3) is 11.1 Å². The van der Waals surface area contributed by atoms with Gasteiger partial charge in [-0.15, -0.1) is 0 Å². The Morgan fingerprint density at radius 3 is 2.52 bits per heavy atom. The molecule has 4 rings (SSSR count). The lowest BCUT2D eigenvalue weighted by Gasteiger charge is -2.04. The van der Waals surface area contributed by atoms with Crippen LogP contribution in [-0.2, 0) is 0 Å². The van der Waals surface area contributed by atoms with Crippen LogP contribution in [0.5, 0.6) is 5.75 Å². The first-order valence-electron chi connectivity index (χ1n) is 7.92. The highest BCUT2D eigenvalue weighted by molar-refractivity contribution is 7.99. The summed E-state index contributed by atoms with van der Waals surface area (Å²) in [5, 5.41) is 11.8. The molecule has 2 heterocycles. The van der Waals surface area contributed by atoms with Crippen LogP contribution in [0.3, 0.4) is 0 Å². The van der Waals surface area contributed by atoms with Crippen LogP contribution >= 0.6 is 11.8 Å². The minimum Gasteiger partial charge on any atom is -0.449 e. The second kappa shape index (κ2) is 7.38. The molecular formula is C19H13N3O4S. The number of carbonyl (C=O) groups is 1. The lowest BCUT2D eigenvalue weighted by molar-refractivity contribution is 0.144. The van der Waals surface area contributed by atoms with Crippen molar-refractivity contribution in [3.05, 3.63) is 67.0 Å². The van der Waals surface area contributed by atoms with Crippen molar-refractivity contribution in [3.63, 3.8) is 0 Å². The summed E-state index contributed by atoms with van der Waals surface area (Å²) in [6.45, 7) is 0. The van der Waals surface area contributed by atoms with E-state index in [2.05, 4.69) is 20.0 Å². The fourth-order valence-corrected chi connectivity index (χ4v) is 3.20. The molecule has 0 amide bonds. The second-order valence-corrected chi connectivity index (χ2v) is 6.60. The van der Waals surface area contributed by atoms with Gasteiger partial charge in [0.2, 0.25) is 0 Å². The SMILES string of the molecule is O=C(O)Oc1ccc2oc(Nc3ccc(Sc4ccncc4)cc3)nc2c1. The van der Waals surface area contributed by atoms with Gasteiger partial charge in [0, 0.05) is 33.9 Å². The van der Waals surface area contributed by atoms with Gasteiger partial charge in [0.15, 0.2) is 5.58 Å². The third-order valence-corrected chi connectivity index (χ3v) is 4.57. The minimum absolute atomic E-state index is 0.187. The van der Waals surface area contributed by atoms with Gasteiger partial charge in [-0.05, 0) is 48.5 Å². The number of carboxylic acid groups (broad SMARTS) is 1. The fraction of sp³-hybridized carbons (Fsp3) is 0. The normalized spacial score (nSPS) is 10.7. The molecule has 0 atom stereocenters. The highest BCUT2D eigenvalue weighted by Gasteiger charge is 2.09. The molecule has 8 heteroatoms. The van der Waals surface area contributed by atoms with E-state index in [1.54, 1.807) is 30.2 Å². The number of oxazole rings is 1. The zero-order chi connectivity index (χ0) is 18.6. The van der Waals surface area contributed by atoms with Crippen molar-refractivity contribution in [1.29, 1.82) is 0 Å². The zero-order valence-electron chi connectivity index (χ0n) is 13.8. The first kappa shape index (κ1) is 16.9. The molecule has 0 fully saturated rings. The molecule has 7 nitrogen and oxygen atoms in total. The highest BCUT2D eigenvalue weighted by atomic mass is 32.2. The average Bonchev–Trinajstić information content (AvgIpc) is 3.05. The molecule has 0 saturated heterocycles. The summed E-state index contributed by atoms with van der Waals surface area (Å²) in [5.74, 6) is 0.187. The predicted octanol–water partition coefficient (Wildman–Crippen LogP) is 5.17. The number of aromatic nitrogens is 2. The van der Waals surface area contributed by atoms with E-state index in [1.807, 2.05) is 36.4 Å². The quantitative estimate of drug-likeness (QED) is 0.362. The van der Waals surface area contributed by atoms with Crippen LogP contribution in [0.2, 0.25) is 0 Å². The molecule has 0 unspecified atom stereocenters. The summed E-state index contributed by atoms with van der Waals surface area (Å²) >= 11 is 1.64. The van der Waals surface area contributed by atoms with Crippen molar-refractivity contribution < 1.29 is 19.1 Å². The number of hydrogen-bond donors (Lipinski definition) is 2. The van der Waals surface area contributed by atoms with Crippen LogP contribution in [0.15, 0.2) is 81.2 Å². The van der Waals surface area contributed by atoms with Gasteiger partial charge in [0.25, 0.3) is 6.01 Å². The maximum absolute atomic E-state index is 10.6. The minimum atomic E-state index is -1.37. The van der Waals surface area contributed by atoms with Gasteiger partial charge in [0.05, 0.1) is 0 Å². The van der Waals surface area contributed by atoms with E-state index in [9.17, 15) is 4.79 Å². The first-order valence-corrected chi connectivity index (χ1v) is 8.74. The number of nitrogens with one attached hydrogen (secondary N) is 1. The van der Waals surface area contributed by atoms with Gasteiger partial charge in [-0.2, -0.15) is 4.98 Å². The Bertz CT molecular complexity index is 1080. The maximum atomic E-state index is 10.6. The van der Waals surface area contributed by atoms with Crippen molar-refractivity contribution in [2.45, 2.75) is 9.79 Å². The monoisotopic (exact) mass is 379 g/mol. The summed E-state index contributed by atoms with van der Waals surface area (Å²) in [7, 11) is 0. The van der Waals surface area contributed by atoms with Gasteiger partial charge in [-0.3, -0.25) is 4.98 Å². The topological polar surface area (TPSA) is 97.5 Å². The maximum Gasteiger partial charge on any atom is 0.511 e. The van der Waals surface area contributed by atoms with Crippen molar-refractivity contribution in [2.75, 3.05) is 5.32 Å². The number of rotatable bonds is 5. The number of ether oxygens (including phenoxy) is 1. The zero-order valence-corrected chi connectivity index (χ0v) is 14.6. The molecule has 0 aliphatic heterocycles. The Kier molecular flexibility index (Phi) is 4.63. The smallest absolute Gasteiger partial charge is 0.449 e. The molecule has 2 N–H and O–H groups in total. The van der Waals surface area contributed by atoms with Crippen molar-refractivity contribution in [1.82, 2.24) is 9.97 Å². The largest absolute Gasteiger partial charge is 0.511 e. The fourth-order valence-electron chi connectivity index (χ4n) is 2.40. The molecule has 0 spiro atoms. The van der Waals surface area contributed by atoms with E-state index in [-0.39, 0.29) is 5.75 Å². The molecule has 27 heavy (non-hydrogen) atoms. The van der Waals surface area contributed by atoms with Crippen LogP contribution in [0.4, 0.5) is 16.5 Å². The number of fused-ring (bicyclic) bond motifs is 1. The van der Waals surface area contributed by atoms with Gasteiger partial charge in [-0.1, -0.05) is 11.8 Å². The van der Waals surface area contributed by atoms with Crippen molar-refractivity contribution in [2.24, 2.45) is 0 Å². The molecule has 0 aliphatic carbocycles. The summed E-state index contributed by atoms with van der Waals surface area (Å²) in [5.41, 5.74) is 1.85. The summed E-state index contributed by atoms with van der Waals surface area (Å²) in [6.07, 6.45) is 2.15. The van der Waals surface area contributed by atoms with E-state index in [4.69, 9.17) is 9.52 Å².